The van der Waals surface area contributed by atoms with E-state index >= 15 is 0 Å². The first-order valence-corrected chi connectivity index (χ1v) is 6.31. The molecule has 1 saturated carbocycles. The molecule has 0 aromatic rings. The first-order chi connectivity index (χ1) is 8.16. The molecule has 0 bridgehead atoms. The number of carboxylic acids is 1. The normalized spacial score (nSPS) is 26.2. The lowest BCUT2D eigenvalue weighted by Gasteiger charge is -2.23. The number of nitrogens with one attached hydrogen (secondary N) is 1. The molecule has 0 aromatic heterocycles. The van der Waals surface area contributed by atoms with Gasteiger partial charge >= 0.3 is 5.97 Å². The number of amides is 1. The van der Waals surface area contributed by atoms with Crippen LogP contribution in [0.2, 0.25) is 0 Å². The van der Waals surface area contributed by atoms with Gasteiger partial charge in [-0.3, -0.25) is 4.79 Å². The van der Waals surface area contributed by atoms with E-state index in [1.807, 2.05) is 0 Å². The van der Waals surface area contributed by atoms with Gasteiger partial charge in [-0.2, -0.15) is 0 Å². The second kappa shape index (κ2) is 5.49. The van der Waals surface area contributed by atoms with Gasteiger partial charge in [0.1, 0.15) is 12.1 Å². The van der Waals surface area contributed by atoms with Crippen molar-refractivity contribution in [2.75, 3.05) is 6.61 Å². The van der Waals surface area contributed by atoms with E-state index in [2.05, 4.69) is 5.32 Å². The standard InChI is InChI=1S/C12H19NO4/c14-11(10-3-1-2-6-17-10)13-9(12(15)16)7-8-4-5-8/h8-10H,1-7H2,(H,13,14)(H,15,16). The Morgan fingerprint density at radius 2 is 2.06 bits per heavy atom. The van der Waals surface area contributed by atoms with Crippen molar-refractivity contribution >= 4 is 11.9 Å². The van der Waals surface area contributed by atoms with Gasteiger partial charge in [-0.25, -0.2) is 4.79 Å². The molecule has 2 rings (SSSR count). The van der Waals surface area contributed by atoms with E-state index in [0.717, 1.165) is 25.7 Å². The van der Waals surface area contributed by atoms with Crippen LogP contribution in [0.4, 0.5) is 0 Å². The van der Waals surface area contributed by atoms with E-state index in [0.29, 0.717) is 25.4 Å². The highest BCUT2D eigenvalue weighted by atomic mass is 16.5. The maximum Gasteiger partial charge on any atom is 0.326 e. The third-order valence-electron chi connectivity index (χ3n) is 3.35. The number of hydrogen-bond acceptors (Lipinski definition) is 3. The van der Waals surface area contributed by atoms with Crippen molar-refractivity contribution in [2.24, 2.45) is 5.92 Å². The molecule has 96 valence electrons. The Morgan fingerprint density at radius 3 is 2.59 bits per heavy atom. The van der Waals surface area contributed by atoms with Gasteiger partial charge in [0, 0.05) is 6.61 Å². The Balaban J connectivity index is 1.82. The molecule has 1 saturated heterocycles. The Kier molecular flexibility index (Phi) is 3.99. The molecule has 1 heterocycles. The van der Waals surface area contributed by atoms with Crippen LogP contribution in [0, 0.1) is 5.92 Å². The summed E-state index contributed by atoms with van der Waals surface area (Å²) in [4.78, 5) is 22.8. The minimum Gasteiger partial charge on any atom is -0.480 e. The molecule has 2 N–H and O–H groups in total. The van der Waals surface area contributed by atoms with Crippen molar-refractivity contribution in [3.05, 3.63) is 0 Å². The van der Waals surface area contributed by atoms with Crippen molar-refractivity contribution in [2.45, 2.75) is 50.7 Å². The fraction of sp³-hybridized carbons (Fsp3) is 0.833. The number of carbonyl (C=O) groups excluding carboxylic acids is 1. The molecule has 2 fully saturated rings. The van der Waals surface area contributed by atoms with Gasteiger partial charge in [-0.05, 0) is 31.6 Å². The van der Waals surface area contributed by atoms with Crippen LogP contribution >= 0.6 is 0 Å². The highest BCUT2D eigenvalue weighted by molar-refractivity contribution is 5.86. The number of aliphatic carboxylic acids is 1. The van der Waals surface area contributed by atoms with Crippen LogP contribution < -0.4 is 5.32 Å². The number of carboxylic acid groups (broad SMARTS) is 1. The van der Waals surface area contributed by atoms with Crippen LogP contribution in [0.25, 0.3) is 0 Å². The average molecular weight is 241 g/mol. The van der Waals surface area contributed by atoms with Crippen molar-refractivity contribution in [1.82, 2.24) is 5.32 Å². The Bertz CT molecular complexity index is 295. The summed E-state index contributed by atoms with van der Waals surface area (Å²) in [7, 11) is 0. The third kappa shape index (κ3) is 3.70. The van der Waals surface area contributed by atoms with E-state index < -0.39 is 18.1 Å². The van der Waals surface area contributed by atoms with Gasteiger partial charge < -0.3 is 15.2 Å². The number of rotatable bonds is 5. The summed E-state index contributed by atoms with van der Waals surface area (Å²) < 4.78 is 5.34. The van der Waals surface area contributed by atoms with Gasteiger partial charge in [-0.1, -0.05) is 12.8 Å². The summed E-state index contributed by atoms with van der Waals surface area (Å²) in [5, 5.41) is 11.6. The summed E-state index contributed by atoms with van der Waals surface area (Å²) in [6.07, 6.45) is 4.91. The molecule has 1 aliphatic heterocycles. The van der Waals surface area contributed by atoms with Crippen LogP contribution in [0.15, 0.2) is 0 Å². The molecule has 1 amide bonds. The Hall–Kier alpha value is -1.10. The number of carbonyl (C=O) groups is 2. The van der Waals surface area contributed by atoms with E-state index in [1.165, 1.54) is 0 Å². The molecule has 1 aliphatic carbocycles. The van der Waals surface area contributed by atoms with Crippen molar-refractivity contribution < 1.29 is 19.4 Å². The number of ether oxygens (including phenoxy) is 1. The average Bonchev–Trinajstić information content (AvgIpc) is 3.13. The molecule has 2 unspecified atom stereocenters. The lowest BCUT2D eigenvalue weighted by atomic mass is 10.1. The molecule has 5 nitrogen and oxygen atoms in total. The van der Waals surface area contributed by atoms with Crippen molar-refractivity contribution in [1.29, 1.82) is 0 Å². The molecular weight excluding hydrogens is 222 g/mol. The van der Waals surface area contributed by atoms with Gasteiger partial charge in [0.25, 0.3) is 0 Å². The SMILES string of the molecule is O=C(O)C(CC1CC1)NC(=O)C1CCCCO1. The summed E-state index contributed by atoms with van der Waals surface area (Å²) in [5.74, 6) is -0.734. The Morgan fingerprint density at radius 1 is 1.29 bits per heavy atom. The molecule has 0 aromatic carbocycles. The van der Waals surface area contributed by atoms with Gasteiger partial charge in [0.05, 0.1) is 0 Å². The number of hydrogen-bond donors (Lipinski definition) is 2. The minimum absolute atomic E-state index is 0.266. The minimum atomic E-state index is -0.943. The lowest BCUT2D eigenvalue weighted by Crippen LogP contribution is -2.47. The van der Waals surface area contributed by atoms with Crippen molar-refractivity contribution in [3.63, 3.8) is 0 Å². The van der Waals surface area contributed by atoms with E-state index in [-0.39, 0.29) is 5.91 Å². The molecule has 2 aliphatic rings. The molecular formula is C12H19NO4. The molecule has 0 spiro atoms. The Labute approximate surface area is 101 Å². The predicted molar refractivity (Wildman–Crippen MR) is 60.5 cm³/mol. The second-order valence-corrected chi connectivity index (χ2v) is 4.93. The third-order valence-corrected chi connectivity index (χ3v) is 3.35. The fourth-order valence-electron chi connectivity index (χ4n) is 2.12. The maximum absolute atomic E-state index is 11.8. The highest BCUT2D eigenvalue weighted by Gasteiger charge is 2.32. The summed E-state index contributed by atoms with van der Waals surface area (Å²) in [6.45, 7) is 0.596. The first-order valence-electron chi connectivity index (χ1n) is 6.31. The zero-order valence-electron chi connectivity index (χ0n) is 9.85. The smallest absolute Gasteiger partial charge is 0.326 e. The van der Waals surface area contributed by atoms with Gasteiger partial charge in [0.15, 0.2) is 0 Å². The highest BCUT2D eigenvalue weighted by Crippen LogP contribution is 2.33. The van der Waals surface area contributed by atoms with Crippen molar-refractivity contribution in [3.8, 4) is 0 Å². The zero-order chi connectivity index (χ0) is 12.3. The van der Waals surface area contributed by atoms with Crippen LogP contribution in [-0.2, 0) is 14.3 Å². The van der Waals surface area contributed by atoms with Crippen LogP contribution in [0.5, 0.6) is 0 Å². The summed E-state index contributed by atoms with van der Waals surface area (Å²) in [6, 6.07) is -0.750. The fourth-order valence-corrected chi connectivity index (χ4v) is 2.12. The van der Waals surface area contributed by atoms with Crippen LogP contribution in [0.3, 0.4) is 0 Å². The lowest BCUT2D eigenvalue weighted by molar-refractivity contribution is -0.145. The molecule has 2 atom stereocenters. The first kappa shape index (κ1) is 12.4. The summed E-state index contributed by atoms with van der Waals surface area (Å²) >= 11 is 0. The molecule has 5 heteroatoms. The van der Waals surface area contributed by atoms with E-state index in [9.17, 15) is 9.59 Å². The van der Waals surface area contributed by atoms with Gasteiger partial charge in [0.2, 0.25) is 5.91 Å². The van der Waals surface area contributed by atoms with Crippen LogP contribution in [-0.4, -0.2) is 35.7 Å². The van der Waals surface area contributed by atoms with E-state index in [1.54, 1.807) is 0 Å². The van der Waals surface area contributed by atoms with Crippen LogP contribution in [0.1, 0.15) is 38.5 Å². The quantitative estimate of drug-likeness (QED) is 0.750. The molecule has 0 radical (unpaired) electrons. The second-order valence-electron chi connectivity index (χ2n) is 4.93. The maximum atomic E-state index is 11.8. The largest absolute Gasteiger partial charge is 0.480 e. The molecule has 17 heavy (non-hydrogen) atoms. The van der Waals surface area contributed by atoms with E-state index in [4.69, 9.17) is 9.84 Å². The predicted octanol–water partition coefficient (Wildman–Crippen LogP) is 0.925. The van der Waals surface area contributed by atoms with Gasteiger partial charge in [-0.15, -0.1) is 0 Å². The zero-order valence-corrected chi connectivity index (χ0v) is 9.85. The topological polar surface area (TPSA) is 75.6 Å². The monoisotopic (exact) mass is 241 g/mol. The summed E-state index contributed by atoms with van der Waals surface area (Å²) in [5.41, 5.74) is 0.